The number of ketones is 2. The fraction of sp³-hybridized carbons (Fsp3) is 0. The van der Waals surface area contributed by atoms with Crippen LogP contribution in [0.25, 0.3) is 22.5 Å². The van der Waals surface area contributed by atoms with Crippen LogP contribution in [0, 0.1) is 0 Å². The Bertz CT molecular complexity index is 1660. The molecule has 0 radical (unpaired) electrons. The maximum Gasteiger partial charge on any atom is 0.187 e. The van der Waals surface area contributed by atoms with E-state index < -0.39 is 0 Å². The molecule has 0 bridgehead atoms. The van der Waals surface area contributed by atoms with Gasteiger partial charge in [0.05, 0.1) is 11.4 Å². The van der Waals surface area contributed by atoms with Gasteiger partial charge in [-0.3, -0.25) is 9.59 Å². The quantitative estimate of drug-likeness (QED) is 0.150. The van der Waals surface area contributed by atoms with Crippen molar-refractivity contribution in [3.63, 3.8) is 0 Å². The molecule has 2 aromatic heterocycles. The minimum Gasteiger partial charge on any atom is -0.337 e. The molecule has 218 valence electrons. The second kappa shape index (κ2) is 15.8. The number of nitrogens with one attached hydrogen (secondary N) is 2. The van der Waals surface area contributed by atoms with Crippen molar-refractivity contribution in [2.24, 2.45) is 0 Å². The van der Waals surface area contributed by atoms with Crippen LogP contribution in [0.3, 0.4) is 0 Å². The van der Waals surface area contributed by atoms with Crippen molar-refractivity contribution >= 4 is 76.4 Å². The van der Waals surface area contributed by atoms with Gasteiger partial charge in [0.1, 0.15) is 0 Å². The molecule has 0 aliphatic heterocycles. The maximum atomic E-state index is 11.7. The number of allylic oxidation sites excluding steroid dienone is 10. The Morgan fingerprint density at radius 3 is 1.40 bits per heavy atom. The average Bonchev–Trinajstić information content (AvgIpc) is 3.70. The van der Waals surface area contributed by atoms with E-state index in [0.29, 0.717) is 11.1 Å². The summed E-state index contributed by atoms with van der Waals surface area (Å²) in [5, 5.41) is 11.7. The van der Waals surface area contributed by atoms with Crippen molar-refractivity contribution in [1.82, 2.24) is 9.97 Å². The number of carbonyl (C=O) groups is 2. The van der Waals surface area contributed by atoms with Gasteiger partial charge in [0.25, 0.3) is 0 Å². The first-order valence-electron chi connectivity index (χ1n) is 12.6. The zero-order chi connectivity index (χ0) is 29.3. The summed E-state index contributed by atoms with van der Waals surface area (Å²) in [7, 11) is 0. The zero-order valence-corrected chi connectivity index (χ0v) is 27.9. The van der Waals surface area contributed by atoms with E-state index in [1.54, 1.807) is 36.7 Å². The van der Waals surface area contributed by atoms with Crippen LogP contribution in [0.15, 0.2) is 140 Å². The number of carbonyl (C=O) groups excluding carboxylic acids is 2. The van der Waals surface area contributed by atoms with Crippen LogP contribution < -0.4 is 10.6 Å². The van der Waals surface area contributed by atoms with Gasteiger partial charge < -0.3 is 10.6 Å². The molecule has 43 heavy (non-hydrogen) atoms. The van der Waals surface area contributed by atoms with E-state index in [-0.39, 0.29) is 28.1 Å². The standard InChI is InChI=1S/2C16H11BrN2OS.Ni/c2*17-13-6-7-15(20)12(8-13)9-18-16-19-14(10-21-16)11-4-2-1-3-5-11;/h2*1-10H,(H,18,19);/b2*12-9-;. The topological polar surface area (TPSA) is 84.0 Å². The van der Waals surface area contributed by atoms with Crippen molar-refractivity contribution in [1.29, 1.82) is 0 Å². The van der Waals surface area contributed by atoms with Gasteiger partial charge in [-0.15, -0.1) is 22.7 Å². The van der Waals surface area contributed by atoms with Crippen LogP contribution in [0.4, 0.5) is 10.3 Å². The minimum atomic E-state index is -0.0226. The first-order chi connectivity index (χ1) is 20.4. The molecule has 0 amide bonds. The first kappa shape index (κ1) is 32.4. The molecular weight excluding hydrogens is 755 g/mol. The number of hydrogen-bond acceptors (Lipinski definition) is 8. The van der Waals surface area contributed by atoms with Crippen LogP contribution in [-0.2, 0) is 26.1 Å². The molecule has 2 aliphatic rings. The molecule has 2 heterocycles. The molecule has 2 aliphatic carbocycles. The molecular formula is C32H22Br2N4NiO2S2. The summed E-state index contributed by atoms with van der Waals surface area (Å²) in [6.07, 6.45) is 13.5. The Labute approximate surface area is 283 Å². The fourth-order valence-corrected chi connectivity index (χ4v) is 5.84. The molecule has 0 spiro atoms. The van der Waals surface area contributed by atoms with Gasteiger partial charge in [-0.25, -0.2) is 9.97 Å². The molecule has 2 N–H and O–H groups in total. The van der Waals surface area contributed by atoms with Crippen LogP contribution in [-0.4, -0.2) is 21.5 Å². The summed E-state index contributed by atoms with van der Waals surface area (Å²) in [6, 6.07) is 20.0. The minimum absolute atomic E-state index is 0. The fourth-order valence-electron chi connectivity index (χ4n) is 3.71. The predicted octanol–water partition coefficient (Wildman–Crippen LogP) is 9.04. The zero-order valence-electron chi connectivity index (χ0n) is 22.1. The first-order valence-corrected chi connectivity index (χ1v) is 15.9. The van der Waals surface area contributed by atoms with Gasteiger partial charge in [0, 0.05) is 70.9 Å². The Balaban J connectivity index is 0.000000192. The SMILES string of the molecule is O=C1C=CC(Br)=C/C1=C/Nc1nc(-c2ccccc2)cs1.O=C1C=CC(Br)=C/C1=C/Nc1nc(-c2ccccc2)cs1.[Ni]. The normalized spacial score (nSPS) is 15.8. The second-order valence-corrected chi connectivity index (χ2v) is 12.3. The molecule has 11 heteroatoms. The largest absolute Gasteiger partial charge is 0.337 e. The van der Waals surface area contributed by atoms with Crippen LogP contribution >= 0.6 is 54.5 Å². The van der Waals surface area contributed by atoms with E-state index >= 15 is 0 Å². The van der Waals surface area contributed by atoms with Crippen LogP contribution in [0.2, 0.25) is 0 Å². The summed E-state index contributed by atoms with van der Waals surface area (Å²) < 4.78 is 1.75. The van der Waals surface area contributed by atoms with E-state index in [2.05, 4.69) is 52.5 Å². The van der Waals surface area contributed by atoms with Crippen molar-refractivity contribution < 1.29 is 26.1 Å². The molecule has 6 rings (SSSR count). The van der Waals surface area contributed by atoms with E-state index in [1.807, 2.05) is 71.4 Å². The molecule has 0 saturated carbocycles. The Kier molecular flexibility index (Phi) is 12.0. The molecule has 0 fully saturated rings. The number of anilines is 2. The number of thiazole rings is 2. The van der Waals surface area contributed by atoms with Gasteiger partial charge in [-0.05, 0) is 36.5 Å². The Morgan fingerprint density at radius 2 is 1.00 bits per heavy atom. The summed E-state index contributed by atoms with van der Waals surface area (Å²) in [6.45, 7) is 0. The third-order valence-corrected chi connectivity index (χ3v) is 8.33. The van der Waals surface area contributed by atoms with E-state index in [9.17, 15) is 9.59 Å². The van der Waals surface area contributed by atoms with Gasteiger partial charge in [0.15, 0.2) is 21.8 Å². The molecule has 6 nitrogen and oxygen atoms in total. The van der Waals surface area contributed by atoms with Crippen LogP contribution in [0.5, 0.6) is 0 Å². The summed E-state index contributed by atoms with van der Waals surface area (Å²) in [5.41, 5.74) is 5.20. The summed E-state index contributed by atoms with van der Waals surface area (Å²) in [4.78, 5) is 32.4. The predicted molar refractivity (Wildman–Crippen MR) is 181 cm³/mol. The molecule has 2 aromatic carbocycles. The van der Waals surface area contributed by atoms with E-state index in [4.69, 9.17) is 0 Å². The van der Waals surface area contributed by atoms with E-state index in [0.717, 1.165) is 41.7 Å². The number of aromatic nitrogens is 2. The number of nitrogens with zero attached hydrogens (tertiary/aromatic N) is 2. The summed E-state index contributed by atoms with van der Waals surface area (Å²) >= 11 is 9.73. The smallest absolute Gasteiger partial charge is 0.187 e. The second-order valence-electron chi connectivity index (χ2n) is 8.75. The molecule has 4 aromatic rings. The van der Waals surface area contributed by atoms with Gasteiger partial charge in [-0.1, -0.05) is 92.5 Å². The Morgan fingerprint density at radius 1 is 0.605 bits per heavy atom. The van der Waals surface area contributed by atoms with Crippen molar-refractivity contribution in [2.45, 2.75) is 0 Å². The number of halogens is 2. The Hall–Kier alpha value is -3.47. The summed E-state index contributed by atoms with van der Waals surface area (Å²) in [5.74, 6) is -0.0453. The van der Waals surface area contributed by atoms with Crippen molar-refractivity contribution in [2.75, 3.05) is 10.6 Å². The van der Waals surface area contributed by atoms with Crippen molar-refractivity contribution in [3.8, 4) is 22.5 Å². The maximum absolute atomic E-state index is 11.7. The number of hydrogen-bond donors (Lipinski definition) is 2. The van der Waals surface area contributed by atoms with E-state index in [1.165, 1.54) is 34.8 Å². The molecule has 0 atom stereocenters. The average molecular weight is 777 g/mol. The van der Waals surface area contributed by atoms with Gasteiger partial charge >= 0.3 is 0 Å². The van der Waals surface area contributed by atoms with Crippen molar-refractivity contribution in [3.05, 3.63) is 140 Å². The van der Waals surface area contributed by atoms with Gasteiger partial charge in [0.2, 0.25) is 0 Å². The molecule has 0 unspecified atom stereocenters. The third kappa shape index (κ3) is 9.26. The van der Waals surface area contributed by atoms with Gasteiger partial charge in [-0.2, -0.15) is 0 Å². The number of benzene rings is 2. The molecule has 0 saturated heterocycles. The number of rotatable bonds is 6. The monoisotopic (exact) mass is 774 g/mol. The van der Waals surface area contributed by atoms with Crippen LogP contribution in [0.1, 0.15) is 0 Å². The third-order valence-electron chi connectivity index (χ3n) is 5.79.